The number of amides is 1. The van der Waals surface area contributed by atoms with Crippen LogP contribution in [0.4, 0.5) is 18.9 Å². The lowest BCUT2D eigenvalue weighted by molar-refractivity contribution is -0.137. The van der Waals surface area contributed by atoms with Gasteiger partial charge in [-0.15, -0.1) is 0 Å². The van der Waals surface area contributed by atoms with Crippen LogP contribution in [-0.2, 0) is 12.7 Å². The van der Waals surface area contributed by atoms with Gasteiger partial charge >= 0.3 is 6.18 Å². The van der Waals surface area contributed by atoms with E-state index in [0.29, 0.717) is 0 Å². The second-order valence-electron chi connectivity index (χ2n) is 4.44. The molecule has 0 aliphatic rings. The highest BCUT2D eigenvalue weighted by Gasteiger charge is 2.37. The molecule has 0 atom stereocenters. The van der Waals surface area contributed by atoms with Crippen LogP contribution in [0.5, 0.6) is 0 Å². The quantitative estimate of drug-likeness (QED) is 0.854. The van der Waals surface area contributed by atoms with Crippen LogP contribution in [0.1, 0.15) is 21.5 Å². The summed E-state index contributed by atoms with van der Waals surface area (Å²) in [6.45, 7) is 0.145. The summed E-state index contributed by atoms with van der Waals surface area (Å²) in [5.41, 5.74) is 4.11. The Morgan fingerprint density at radius 1 is 1.05 bits per heavy atom. The van der Waals surface area contributed by atoms with Crippen molar-refractivity contribution in [1.82, 2.24) is 5.32 Å². The lowest BCUT2D eigenvalue weighted by Gasteiger charge is -2.15. The molecule has 110 valence electrons. The van der Waals surface area contributed by atoms with E-state index in [-0.39, 0.29) is 6.54 Å². The van der Waals surface area contributed by atoms with Crippen molar-refractivity contribution in [2.24, 2.45) is 0 Å². The number of halogens is 3. The summed E-state index contributed by atoms with van der Waals surface area (Å²) in [4.78, 5) is 12.0. The molecule has 3 nitrogen and oxygen atoms in total. The summed E-state index contributed by atoms with van der Waals surface area (Å²) < 4.78 is 38.9. The molecule has 0 heterocycles. The number of hydrogen-bond acceptors (Lipinski definition) is 2. The molecular formula is C15H13F3N2O. The maximum absolute atomic E-state index is 13.0. The molecule has 0 aliphatic heterocycles. The standard InChI is InChI=1S/C15H13F3N2O/c16-15(17,18)13-11(7-4-8-12(13)19)14(21)20-9-10-5-2-1-3-6-10/h1-8H,9,19H2,(H,20,21). The van der Waals surface area contributed by atoms with E-state index in [0.717, 1.165) is 17.7 Å². The molecule has 2 rings (SSSR count). The van der Waals surface area contributed by atoms with Gasteiger partial charge in [-0.05, 0) is 17.7 Å². The Bertz CT molecular complexity index is 639. The van der Waals surface area contributed by atoms with Crippen LogP contribution in [-0.4, -0.2) is 5.91 Å². The first-order chi connectivity index (χ1) is 9.89. The SMILES string of the molecule is Nc1cccc(C(=O)NCc2ccccc2)c1C(F)(F)F. The number of hydrogen-bond donors (Lipinski definition) is 2. The predicted octanol–water partition coefficient (Wildman–Crippen LogP) is 3.22. The number of nitrogens with two attached hydrogens (primary N) is 1. The first kappa shape index (κ1) is 14.9. The van der Waals surface area contributed by atoms with Crippen LogP contribution in [0.2, 0.25) is 0 Å². The third kappa shape index (κ3) is 3.53. The van der Waals surface area contributed by atoms with Gasteiger partial charge in [-0.2, -0.15) is 13.2 Å². The van der Waals surface area contributed by atoms with Crippen molar-refractivity contribution in [1.29, 1.82) is 0 Å². The number of benzene rings is 2. The average Bonchev–Trinajstić information content (AvgIpc) is 2.44. The third-order valence-electron chi connectivity index (χ3n) is 2.92. The number of nitrogen functional groups attached to an aromatic ring is 1. The maximum Gasteiger partial charge on any atom is 0.419 e. The number of nitrogens with one attached hydrogen (secondary N) is 1. The van der Waals surface area contributed by atoms with E-state index >= 15 is 0 Å². The second-order valence-corrected chi connectivity index (χ2v) is 4.44. The lowest BCUT2D eigenvalue weighted by atomic mass is 10.0. The Balaban J connectivity index is 2.22. The van der Waals surface area contributed by atoms with Crippen LogP contribution in [0.25, 0.3) is 0 Å². The summed E-state index contributed by atoms with van der Waals surface area (Å²) in [5, 5.41) is 2.46. The normalized spacial score (nSPS) is 11.2. The minimum Gasteiger partial charge on any atom is -0.398 e. The fourth-order valence-electron chi connectivity index (χ4n) is 1.95. The summed E-state index contributed by atoms with van der Waals surface area (Å²) in [7, 11) is 0. The summed E-state index contributed by atoms with van der Waals surface area (Å²) in [6.07, 6.45) is -4.68. The number of anilines is 1. The van der Waals surface area contributed by atoms with Crippen molar-refractivity contribution >= 4 is 11.6 Å². The molecule has 0 unspecified atom stereocenters. The molecule has 3 N–H and O–H groups in total. The van der Waals surface area contributed by atoms with Crippen molar-refractivity contribution in [2.45, 2.75) is 12.7 Å². The van der Waals surface area contributed by atoms with Crippen LogP contribution in [0.3, 0.4) is 0 Å². The fourth-order valence-corrected chi connectivity index (χ4v) is 1.95. The molecule has 0 spiro atoms. The van der Waals surface area contributed by atoms with Gasteiger partial charge in [0.1, 0.15) is 0 Å². The van der Waals surface area contributed by atoms with Gasteiger partial charge in [0.15, 0.2) is 0 Å². The zero-order chi connectivity index (χ0) is 15.5. The highest BCUT2D eigenvalue weighted by atomic mass is 19.4. The van der Waals surface area contributed by atoms with Crippen LogP contribution >= 0.6 is 0 Å². The lowest BCUT2D eigenvalue weighted by Crippen LogP contribution is -2.26. The molecule has 2 aromatic carbocycles. The molecular weight excluding hydrogens is 281 g/mol. The zero-order valence-electron chi connectivity index (χ0n) is 10.9. The monoisotopic (exact) mass is 294 g/mol. The number of carbonyl (C=O) groups excluding carboxylic acids is 1. The van der Waals surface area contributed by atoms with Gasteiger partial charge in [0.05, 0.1) is 11.1 Å². The molecule has 0 saturated carbocycles. The van der Waals surface area contributed by atoms with Gasteiger partial charge in [0.2, 0.25) is 0 Å². The van der Waals surface area contributed by atoms with Crippen LogP contribution in [0.15, 0.2) is 48.5 Å². The van der Waals surface area contributed by atoms with E-state index < -0.39 is 28.9 Å². The van der Waals surface area contributed by atoms with Crippen LogP contribution in [0, 0.1) is 0 Å². The van der Waals surface area contributed by atoms with Gasteiger partial charge in [-0.1, -0.05) is 36.4 Å². The van der Waals surface area contributed by atoms with E-state index in [2.05, 4.69) is 5.32 Å². The van der Waals surface area contributed by atoms with E-state index in [4.69, 9.17) is 5.73 Å². The van der Waals surface area contributed by atoms with Crippen molar-refractivity contribution < 1.29 is 18.0 Å². The Morgan fingerprint density at radius 2 is 1.71 bits per heavy atom. The van der Waals surface area contributed by atoms with Crippen molar-refractivity contribution in [3.8, 4) is 0 Å². The van der Waals surface area contributed by atoms with Gasteiger partial charge in [0, 0.05) is 12.2 Å². The molecule has 0 radical (unpaired) electrons. The highest BCUT2D eigenvalue weighted by Crippen LogP contribution is 2.36. The van der Waals surface area contributed by atoms with E-state index in [9.17, 15) is 18.0 Å². The largest absolute Gasteiger partial charge is 0.419 e. The molecule has 0 aromatic heterocycles. The fraction of sp³-hybridized carbons (Fsp3) is 0.133. The third-order valence-corrected chi connectivity index (χ3v) is 2.92. The average molecular weight is 294 g/mol. The summed E-state index contributed by atoms with van der Waals surface area (Å²) >= 11 is 0. The highest BCUT2D eigenvalue weighted by molar-refractivity contribution is 5.97. The minimum absolute atomic E-state index is 0.145. The minimum atomic E-state index is -4.68. The second kappa shape index (κ2) is 5.87. The number of rotatable bonds is 3. The first-order valence-corrected chi connectivity index (χ1v) is 6.17. The zero-order valence-corrected chi connectivity index (χ0v) is 10.9. The topological polar surface area (TPSA) is 55.1 Å². The first-order valence-electron chi connectivity index (χ1n) is 6.17. The van der Waals surface area contributed by atoms with E-state index in [1.807, 2.05) is 6.07 Å². The molecule has 0 fully saturated rings. The summed E-state index contributed by atoms with van der Waals surface area (Å²) in [5.74, 6) is -0.807. The van der Waals surface area contributed by atoms with Crippen molar-refractivity contribution in [3.05, 3.63) is 65.2 Å². The molecule has 21 heavy (non-hydrogen) atoms. The van der Waals surface area contributed by atoms with E-state index in [1.54, 1.807) is 24.3 Å². The Labute approximate surface area is 119 Å². The van der Waals surface area contributed by atoms with Gasteiger partial charge in [-0.3, -0.25) is 4.79 Å². The van der Waals surface area contributed by atoms with Crippen LogP contribution < -0.4 is 11.1 Å². The predicted molar refractivity (Wildman–Crippen MR) is 73.5 cm³/mol. The molecule has 6 heteroatoms. The number of carbonyl (C=O) groups is 1. The molecule has 0 saturated heterocycles. The molecule has 1 amide bonds. The smallest absolute Gasteiger partial charge is 0.398 e. The van der Waals surface area contributed by atoms with Gasteiger partial charge < -0.3 is 11.1 Å². The van der Waals surface area contributed by atoms with Gasteiger partial charge in [0.25, 0.3) is 5.91 Å². The molecule has 0 bridgehead atoms. The van der Waals surface area contributed by atoms with Crippen molar-refractivity contribution in [2.75, 3.05) is 5.73 Å². The maximum atomic E-state index is 13.0. The Morgan fingerprint density at radius 3 is 2.33 bits per heavy atom. The van der Waals surface area contributed by atoms with E-state index in [1.165, 1.54) is 6.07 Å². The van der Waals surface area contributed by atoms with Gasteiger partial charge in [-0.25, -0.2) is 0 Å². The molecule has 2 aromatic rings. The Kier molecular flexibility index (Phi) is 4.16. The number of alkyl halides is 3. The molecule has 0 aliphatic carbocycles. The summed E-state index contributed by atoms with van der Waals surface area (Å²) in [6, 6.07) is 12.5. The van der Waals surface area contributed by atoms with Crippen molar-refractivity contribution in [3.63, 3.8) is 0 Å². The Hall–Kier alpha value is -2.50.